The summed E-state index contributed by atoms with van der Waals surface area (Å²) in [5, 5.41) is 55.0. The molecule has 6 rings (SSSR count). The van der Waals surface area contributed by atoms with Crippen molar-refractivity contribution < 1.29 is 44.2 Å². The molecule has 4 N–H and O–H groups in total. The Morgan fingerprint density at radius 1 is 0.985 bits per heavy atom. The molecule has 0 aliphatic carbocycles. The number of aromatic nitrogens is 5. The number of hydrogen-bond donors (Lipinski definition) is 4. The number of carbonyl (C=O) groups is 2. The van der Waals surface area contributed by atoms with Gasteiger partial charge in [0.05, 0.1) is 72.8 Å². The summed E-state index contributed by atoms with van der Waals surface area (Å²) in [7, 11) is 3.52. The van der Waals surface area contributed by atoms with Crippen molar-refractivity contribution in [3.63, 3.8) is 0 Å². The lowest BCUT2D eigenvalue weighted by molar-refractivity contribution is -0.304. The largest absolute Gasteiger partial charge is 0.462 e. The molecule has 2 aliphatic rings. The second kappa shape index (κ2) is 23.1. The first-order chi connectivity index (χ1) is 31.1. The molecule has 1 fully saturated rings. The Labute approximate surface area is 381 Å². The van der Waals surface area contributed by atoms with E-state index >= 15 is 0 Å². The van der Waals surface area contributed by atoms with Gasteiger partial charge in [0.25, 0.3) is 0 Å². The summed E-state index contributed by atoms with van der Waals surface area (Å²) in [6, 6.07) is 13.0. The predicted octanol–water partition coefficient (Wildman–Crippen LogP) is 4.43. The van der Waals surface area contributed by atoms with Crippen molar-refractivity contribution in [1.29, 1.82) is 0 Å². The van der Waals surface area contributed by atoms with Crippen LogP contribution in [0.4, 0.5) is 0 Å². The minimum atomic E-state index is -1.29. The molecular weight excluding hydrogens is 831 g/mol. The average molecular weight is 898 g/mol. The Hall–Kier alpha value is -4.78. The van der Waals surface area contributed by atoms with Gasteiger partial charge in [0, 0.05) is 48.6 Å². The average Bonchev–Trinajstić information content (AvgIpc) is 3.76. The highest BCUT2D eigenvalue weighted by Gasteiger charge is 2.47. The molecule has 4 aromatic rings. The normalized spacial score (nSPS) is 31.2. The van der Waals surface area contributed by atoms with Crippen molar-refractivity contribution in [3.8, 4) is 5.69 Å². The molecule has 0 saturated carbocycles. The molecule has 1 aromatic carbocycles. The quantitative estimate of drug-likeness (QED) is 0.137. The van der Waals surface area contributed by atoms with Crippen molar-refractivity contribution in [2.75, 3.05) is 27.2 Å². The zero-order valence-corrected chi connectivity index (χ0v) is 38.6. The first-order valence-corrected chi connectivity index (χ1v) is 22.8. The van der Waals surface area contributed by atoms with E-state index in [4.69, 9.17) is 14.2 Å². The number of pyridine rings is 2. The molecule has 16 nitrogen and oxygen atoms in total. The van der Waals surface area contributed by atoms with Gasteiger partial charge in [0.15, 0.2) is 12.1 Å². The Kier molecular flexibility index (Phi) is 17.6. The third-order valence-electron chi connectivity index (χ3n) is 12.9. The maximum atomic E-state index is 14.0. The van der Waals surface area contributed by atoms with Crippen molar-refractivity contribution in [2.24, 2.45) is 23.7 Å². The highest BCUT2D eigenvalue weighted by molar-refractivity contribution is 5.91. The van der Waals surface area contributed by atoms with Gasteiger partial charge in [0.1, 0.15) is 12.2 Å². The standard InChI is InChI=1S/C49H67N7O9/c1-8-43-37(29-57)20-30(2)15-16-41(58)31(3)21-36(48(32(4)42(59)23-44(60)64-43)65-49-47(62)45(54(6)7)46(61)33(5)63-49)17-19-55(26-34-12-11-18-50-24-34)27-38-28-56(53-52-38)39-22-35-13-9-10-14-40(35)51-25-39/h9-16,18,20,22,24-25,28,31-33,36-37,42-43,45-49,57,59,61-62H,8,17,19,21,23,26-27,29H2,1-7H3/b16-15+,30-20+/t31-,32+,33-,36+,37-,42-,43-,45+,46-,47-,48-,49+/m1/s1. The van der Waals surface area contributed by atoms with Gasteiger partial charge >= 0.3 is 5.97 Å². The fourth-order valence-electron chi connectivity index (χ4n) is 9.08. The van der Waals surface area contributed by atoms with Crippen LogP contribution in [0.3, 0.4) is 0 Å². The maximum Gasteiger partial charge on any atom is 0.308 e. The van der Waals surface area contributed by atoms with E-state index in [1.54, 1.807) is 62.1 Å². The predicted molar refractivity (Wildman–Crippen MR) is 244 cm³/mol. The molecule has 2 aliphatic heterocycles. The molecule has 1 saturated heterocycles. The van der Waals surface area contributed by atoms with Crippen LogP contribution in [-0.4, -0.2) is 143 Å². The van der Waals surface area contributed by atoms with Crippen LogP contribution >= 0.6 is 0 Å². The summed E-state index contributed by atoms with van der Waals surface area (Å²) >= 11 is 0. The van der Waals surface area contributed by atoms with Gasteiger partial charge < -0.3 is 39.5 Å². The topological polar surface area (TPSA) is 206 Å². The van der Waals surface area contributed by atoms with E-state index < -0.39 is 78.6 Å². The van der Waals surface area contributed by atoms with Crippen LogP contribution in [0.25, 0.3) is 16.6 Å². The molecule has 5 heterocycles. The number of aliphatic hydroxyl groups is 4. The number of hydrogen-bond acceptors (Lipinski definition) is 15. The van der Waals surface area contributed by atoms with E-state index in [1.165, 1.54) is 6.08 Å². The fraction of sp³-hybridized carbons (Fsp3) is 0.551. The SMILES string of the molecule is CC[C@H]1OC(=O)C[C@@H](O)[C@H](C)[C@@H](O[C@@H]2O[C@H](C)[C@@H](O)[C@H](N(C)C)[C@H]2O)[C@@H](CCN(Cc2cccnc2)Cc2cn(-c3cnc4ccccc4c3)nn2)C[C@@H](C)C(=O)/C=C/C(C)=C/[C@@H]1CO. The molecule has 0 radical (unpaired) electrons. The number of aliphatic hydroxyl groups excluding tert-OH is 4. The lowest BCUT2D eigenvalue weighted by atomic mass is 9.79. The van der Waals surface area contributed by atoms with Gasteiger partial charge in [0.2, 0.25) is 0 Å². The highest BCUT2D eigenvalue weighted by Crippen LogP contribution is 2.35. The number of cyclic esters (lactones) is 1. The Bertz CT molecular complexity index is 2220. The molecule has 65 heavy (non-hydrogen) atoms. The van der Waals surface area contributed by atoms with Crippen molar-refractivity contribution in [2.45, 2.75) is 122 Å². The number of carbonyl (C=O) groups excluding carboxylic acids is 2. The number of esters is 1. The third-order valence-corrected chi connectivity index (χ3v) is 12.9. The zero-order valence-electron chi connectivity index (χ0n) is 38.6. The zero-order chi connectivity index (χ0) is 46.8. The first kappa shape index (κ1) is 49.6. The van der Waals surface area contributed by atoms with Crippen molar-refractivity contribution in [1.82, 2.24) is 34.8 Å². The molecular formula is C49H67N7O9. The summed E-state index contributed by atoms with van der Waals surface area (Å²) in [5.41, 5.74) is 4.06. The number of benzene rings is 1. The van der Waals surface area contributed by atoms with Crippen LogP contribution in [0.5, 0.6) is 0 Å². The van der Waals surface area contributed by atoms with Crippen LogP contribution in [0, 0.1) is 23.7 Å². The summed E-state index contributed by atoms with van der Waals surface area (Å²) in [6.45, 7) is 10.1. The van der Waals surface area contributed by atoms with E-state index in [0.29, 0.717) is 44.6 Å². The molecule has 16 heteroatoms. The summed E-state index contributed by atoms with van der Waals surface area (Å²) in [6.07, 6.45) is 6.02. The van der Waals surface area contributed by atoms with Crippen LogP contribution in [0.1, 0.15) is 71.6 Å². The van der Waals surface area contributed by atoms with Crippen LogP contribution in [0.15, 0.2) is 91.1 Å². The fourth-order valence-corrected chi connectivity index (χ4v) is 9.08. The number of ketones is 1. The van der Waals surface area contributed by atoms with Gasteiger partial charge in [-0.15, -0.1) is 5.10 Å². The Morgan fingerprint density at radius 3 is 2.49 bits per heavy atom. The van der Waals surface area contributed by atoms with E-state index in [1.807, 2.05) is 75.6 Å². The number of fused-ring (bicyclic) bond motifs is 1. The molecule has 3 aromatic heterocycles. The minimum Gasteiger partial charge on any atom is -0.462 e. The minimum absolute atomic E-state index is 0.119. The monoisotopic (exact) mass is 898 g/mol. The summed E-state index contributed by atoms with van der Waals surface area (Å²) in [5.74, 6) is -2.97. The van der Waals surface area contributed by atoms with Gasteiger partial charge in [-0.1, -0.05) is 68.0 Å². The molecule has 0 unspecified atom stereocenters. The van der Waals surface area contributed by atoms with Crippen molar-refractivity contribution in [3.05, 3.63) is 102 Å². The highest BCUT2D eigenvalue weighted by atomic mass is 16.7. The molecule has 0 bridgehead atoms. The molecule has 0 amide bonds. The van der Waals surface area contributed by atoms with E-state index in [9.17, 15) is 30.0 Å². The number of nitrogens with zero attached hydrogens (tertiary/aromatic N) is 7. The number of likely N-dealkylation sites (N-methyl/N-ethyl adjacent to an activating group) is 1. The van der Waals surface area contributed by atoms with Gasteiger partial charge in [-0.05, 0) is 89.5 Å². The number of para-hydroxylation sites is 1. The molecule has 12 atom stereocenters. The Morgan fingerprint density at radius 2 is 1.77 bits per heavy atom. The number of allylic oxidation sites excluding steroid dienone is 3. The second-order valence-electron chi connectivity index (χ2n) is 18.1. The number of rotatable bonds is 13. The smallest absolute Gasteiger partial charge is 0.308 e. The lowest BCUT2D eigenvalue weighted by Gasteiger charge is -2.46. The van der Waals surface area contributed by atoms with E-state index in [0.717, 1.165) is 27.7 Å². The first-order valence-electron chi connectivity index (χ1n) is 22.8. The lowest BCUT2D eigenvalue weighted by Crippen LogP contribution is -2.63. The second-order valence-corrected chi connectivity index (χ2v) is 18.1. The van der Waals surface area contributed by atoms with Crippen LogP contribution in [-0.2, 0) is 36.9 Å². The molecule has 0 spiro atoms. The van der Waals surface area contributed by atoms with Crippen LogP contribution < -0.4 is 0 Å². The number of ether oxygens (including phenoxy) is 3. The van der Waals surface area contributed by atoms with Gasteiger partial charge in [-0.3, -0.25) is 24.5 Å². The van der Waals surface area contributed by atoms with Gasteiger partial charge in [-0.25, -0.2) is 4.68 Å². The maximum absolute atomic E-state index is 14.0. The third kappa shape index (κ3) is 13.0. The van der Waals surface area contributed by atoms with Crippen LogP contribution in [0.2, 0.25) is 0 Å². The van der Waals surface area contributed by atoms with E-state index in [2.05, 4.69) is 25.2 Å². The van der Waals surface area contributed by atoms with Gasteiger partial charge in [-0.2, -0.15) is 0 Å². The summed E-state index contributed by atoms with van der Waals surface area (Å²) in [4.78, 5) is 40.4. The van der Waals surface area contributed by atoms with Crippen molar-refractivity contribution >= 4 is 22.7 Å². The van der Waals surface area contributed by atoms with E-state index in [-0.39, 0.29) is 18.8 Å². The molecule has 352 valence electrons. The Balaban J connectivity index is 1.35. The summed E-state index contributed by atoms with van der Waals surface area (Å²) < 4.78 is 20.6.